The van der Waals surface area contributed by atoms with Crippen molar-refractivity contribution in [3.63, 3.8) is 0 Å². The number of carboxylic acids is 1. The molecule has 2 amide bonds. The highest BCUT2D eigenvalue weighted by molar-refractivity contribution is 5.97. The largest absolute Gasteiger partial charge is 0.481 e. The van der Waals surface area contributed by atoms with Crippen LogP contribution in [0.5, 0.6) is 0 Å². The number of carboxylic acid groups (broad SMARTS) is 1. The normalized spacial score (nSPS) is 17.4. The van der Waals surface area contributed by atoms with Gasteiger partial charge >= 0.3 is 5.97 Å². The van der Waals surface area contributed by atoms with Crippen LogP contribution in [-0.2, 0) is 20.9 Å². The van der Waals surface area contributed by atoms with Crippen molar-refractivity contribution in [3.8, 4) is 0 Å². The summed E-state index contributed by atoms with van der Waals surface area (Å²) >= 11 is 0. The minimum atomic E-state index is -0.920. The molecule has 1 saturated heterocycles. The predicted octanol–water partition coefficient (Wildman–Crippen LogP) is 3.17. The molecule has 0 bridgehead atoms. The Labute approximate surface area is 164 Å². The molecule has 2 aromatic rings. The molecule has 2 N–H and O–H groups in total. The molecule has 146 valence electrons. The first kappa shape index (κ1) is 19.6. The molecule has 0 spiro atoms. The van der Waals surface area contributed by atoms with Gasteiger partial charge in [0.2, 0.25) is 11.8 Å². The molecule has 0 aromatic heterocycles. The van der Waals surface area contributed by atoms with E-state index in [9.17, 15) is 14.4 Å². The van der Waals surface area contributed by atoms with E-state index in [2.05, 4.69) is 5.32 Å². The Balaban J connectivity index is 1.62. The molecular weight excluding hydrogens is 356 g/mol. The van der Waals surface area contributed by atoms with Gasteiger partial charge in [-0.3, -0.25) is 14.4 Å². The van der Waals surface area contributed by atoms with Gasteiger partial charge in [0.25, 0.3) is 0 Å². The Bertz CT molecular complexity index is 892. The van der Waals surface area contributed by atoms with E-state index in [1.807, 2.05) is 31.2 Å². The van der Waals surface area contributed by atoms with Crippen LogP contribution in [0.2, 0.25) is 0 Å². The van der Waals surface area contributed by atoms with Crippen molar-refractivity contribution in [1.82, 2.24) is 4.90 Å². The van der Waals surface area contributed by atoms with E-state index in [0.717, 1.165) is 11.1 Å². The topological polar surface area (TPSA) is 86.7 Å². The summed E-state index contributed by atoms with van der Waals surface area (Å²) in [5.41, 5.74) is 3.36. The Kier molecular flexibility index (Phi) is 5.78. The average Bonchev–Trinajstić information content (AvgIpc) is 3.04. The van der Waals surface area contributed by atoms with Gasteiger partial charge < -0.3 is 15.3 Å². The van der Waals surface area contributed by atoms with Crippen molar-refractivity contribution in [2.45, 2.75) is 32.7 Å². The Hall–Kier alpha value is -3.15. The van der Waals surface area contributed by atoms with Crippen LogP contribution in [0, 0.1) is 12.8 Å². The number of hydrogen-bond acceptors (Lipinski definition) is 3. The lowest BCUT2D eigenvalue weighted by molar-refractivity contribution is -0.138. The summed E-state index contributed by atoms with van der Waals surface area (Å²) in [4.78, 5) is 37.8. The number of amides is 2. The molecule has 2 aromatic carbocycles. The molecule has 6 nitrogen and oxygen atoms in total. The third-order valence-corrected chi connectivity index (χ3v) is 5.10. The van der Waals surface area contributed by atoms with Gasteiger partial charge in [-0.25, -0.2) is 0 Å². The predicted molar refractivity (Wildman–Crippen MR) is 106 cm³/mol. The van der Waals surface area contributed by atoms with Crippen LogP contribution in [0.3, 0.4) is 0 Å². The minimum absolute atomic E-state index is 0.0334. The summed E-state index contributed by atoms with van der Waals surface area (Å²) in [5, 5.41) is 12.0. The number of aryl methyl sites for hydroxylation is 1. The maximum Gasteiger partial charge on any atom is 0.310 e. The summed E-state index contributed by atoms with van der Waals surface area (Å²) in [6, 6.07) is 14.8. The molecule has 0 aliphatic carbocycles. The summed E-state index contributed by atoms with van der Waals surface area (Å²) in [6.45, 7) is 4.48. The number of likely N-dealkylation sites (tertiary alicyclic amines) is 1. The van der Waals surface area contributed by atoms with E-state index in [0.29, 0.717) is 24.3 Å². The van der Waals surface area contributed by atoms with Crippen LogP contribution in [0.15, 0.2) is 48.5 Å². The molecule has 0 saturated carbocycles. The van der Waals surface area contributed by atoms with E-state index >= 15 is 0 Å². The molecule has 1 heterocycles. The van der Waals surface area contributed by atoms with Crippen LogP contribution < -0.4 is 5.32 Å². The molecule has 1 aliphatic heterocycles. The van der Waals surface area contributed by atoms with Gasteiger partial charge in [0.15, 0.2) is 0 Å². The second kappa shape index (κ2) is 8.25. The van der Waals surface area contributed by atoms with Crippen molar-refractivity contribution in [3.05, 3.63) is 65.2 Å². The first-order valence-electron chi connectivity index (χ1n) is 9.30. The van der Waals surface area contributed by atoms with Crippen LogP contribution >= 0.6 is 0 Å². The average molecular weight is 380 g/mol. The standard InChI is InChI=1S/C22H24N2O4/c1-14-6-8-16(9-7-14)12-24-13-18(11-20(24)25)21(26)23-19-5-3-4-17(10-19)15(2)22(27)28/h3-10,15,18H,11-13H2,1-2H3,(H,23,26)(H,27,28). The smallest absolute Gasteiger partial charge is 0.310 e. The Morgan fingerprint density at radius 3 is 2.61 bits per heavy atom. The van der Waals surface area contributed by atoms with Crippen LogP contribution in [0.25, 0.3) is 0 Å². The van der Waals surface area contributed by atoms with Crippen molar-refractivity contribution < 1.29 is 19.5 Å². The molecule has 6 heteroatoms. The van der Waals surface area contributed by atoms with Gasteiger partial charge in [0.05, 0.1) is 11.8 Å². The minimum Gasteiger partial charge on any atom is -0.481 e. The molecule has 1 aliphatic rings. The number of carbonyl (C=O) groups excluding carboxylic acids is 2. The zero-order valence-electron chi connectivity index (χ0n) is 16.0. The van der Waals surface area contributed by atoms with Gasteiger partial charge in [-0.1, -0.05) is 42.0 Å². The fraction of sp³-hybridized carbons (Fsp3) is 0.318. The van der Waals surface area contributed by atoms with Gasteiger partial charge in [-0.2, -0.15) is 0 Å². The molecule has 2 unspecified atom stereocenters. The van der Waals surface area contributed by atoms with E-state index in [1.54, 1.807) is 36.1 Å². The third-order valence-electron chi connectivity index (χ3n) is 5.10. The number of benzene rings is 2. The number of carbonyl (C=O) groups is 3. The van der Waals surface area contributed by atoms with Crippen LogP contribution in [-0.4, -0.2) is 34.3 Å². The maximum absolute atomic E-state index is 12.6. The second-order valence-corrected chi connectivity index (χ2v) is 7.34. The van der Waals surface area contributed by atoms with Crippen molar-refractivity contribution in [2.75, 3.05) is 11.9 Å². The van der Waals surface area contributed by atoms with Gasteiger partial charge in [-0.15, -0.1) is 0 Å². The lowest BCUT2D eigenvalue weighted by Gasteiger charge is -2.17. The summed E-state index contributed by atoms with van der Waals surface area (Å²) < 4.78 is 0. The van der Waals surface area contributed by atoms with E-state index < -0.39 is 17.8 Å². The lowest BCUT2D eigenvalue weighted by Crippen LogP contribution is -2.28. The number of aliphatic carboxylic acids is 1. The maximum atomic E-state index is 12.6. The number of anilines is 1. The Morgan fingerprint density at radius 2 is 1.93 bits per heavy atom. The quantitative estimate of drug-likeness (QED) is 0.806. The first-order chi connectivity index (χ1) is 13.3. The monoisotopic (exact) mass is 380 g/mol. The van der Waals surface area contributed by atoms with E-state index in [1.165, 1.54) is 0 Å². The molecule has 1 fully saturated rings. The SMILES string of the molecule is Cc1ccc(CN2CC(C(=O)Nc3cccc(C(C)C(=O)O)c3)CC2=O)cc1. The molecule has 3 rings (SSSR count). The fourth-order valence-electron chi connectivity index (χ4n) is 3.29. The highest BCUT2D eigenvalue weighted by atomic mass is 16.4. The van der Waals surface area contributed by atoms with Gasteiger partial charge in [0, 0.05) is 25.2 Å². The number of nitrogens with zero attached hydrogens (tertiary/aromatic N) is 1. The summed E-state index contributed by atoms with van der Waals surface area (Å²) in [5.74, 6) is -2.25. The number of rotatable bonds is 6. The van der Waals surface area contributed by atoms with Crippen molar-refractivity contribution in [2.24, 2.45) is 5.92 Å². The highest BCUT2D eigenvalue weighted by Gasteiger charge is 2.34. The van der Waals surface area contributed by atoms with E-state index in [4.69, 9.17) is 5.11 Å². The Morgan fingerprint density at radius 1 is 1.21 bits per heavy atom. The van der Waals surface area contributed by atoms with Crippen molar-refractivity contribution in [1.29, 1.82) is 0 Å². The van der Waals surface area contributed by atoms with Gasteiger partial charge in [0.1, 0.15) is 0 Å². The number of nitrogens with one attached hydrogen (secondary N) is 1. The zero-order valence-corrected chi connectivity index (χ0v) is 16.0. The fourth-order valence-corrected chi connectivity index (χ4v) is 3.29. The van der Waals surface area contributed by atoms with Crippen molar-refractivity contribution >= 4 is 23.5 Å². The van der Waals surface area contributed by atoms with E-state index in [-0.39, 0.29) is 18.2 Å². The molecule has 28 heavy (non-hydrogen) atoms. The summed E-state index contributed by atoms with van der Waals surface area (Å²) in [6.07, 6.45) is 0.183. The first-order valence-corrected chi connectivity index (χ1v) is 9.30. The molecular formula is C22H24N2O4. The highest BCUT2D eigenvalue weighted by Crippen LogP contribution is 2.24. The molecule has 2 atom stereocenters. The lowest BCUT2D eigenvalue weighted by atomic mass is 10.0. The number of hydrogen-bond donors (Lipinski definition) is 2. The van der Waals surface area contributed by atoms with Crippen LogP contribution in [0.4, 0.5) is 5.69 Å². The third kappa shape index (κ3) is 4.57. The zero-order chi connectivity index (χ0) is 20.3. The summed E-state index contributed by atoms with van der Waals surface area (Å²) in [7, 11) is 0. The second-order valence-electron chi connectivity index (χ2n) is 7.34. The van der Waals surface area contributed by atoms with Gasteiger partial charge in [-0.05, 0) is 37.1 Å². The van der Waals surface area contributed by atoms with Crippen LogP contribution in [0.1, 0.15) is 36.0 Å². The molecule has 0 radical (unpaired) electrons.